The Morgan fingerprint density at radius 3 is 2.00 bits per heavy atom. The van der Waals surface area contributed by atoms with Gasteiger partial charge in [0.2, 0.25) is 0 Å². The smallest absolute Gasteiger partial charge is 0.183 e. The monoisotopic (exact) mass is 164 g/mol. The van der Waals surface area contributed by atoms with Crippen LogP contribution >= 0.6 is 0 Å². The van der Waals surface area contributed by atoms with E-state index in [9.17, 15) is 0 Å². The molecule has 1 rings (SSSR count). The molecule has 0 spiro atoms. The Kier molecular flexibility index (Phi) is 2.46. The zero-order chi connectivity index (χ0) is 8.59. The molecule has 0 saturated carbocycles. The van der Waals surface area contributed by atoms with E-state index in [-0.39, 0.29) is 0 Å². The highest BCUT2D eigenvalue weighted by molar-refractivity contribution is 4.86. The summed E-state index contributed by atoms with van der Waals surface area (Å²) in [4.78, 5) is 0. The van der Waals surface area contributed by atoms with Crippen molar-refractivity contribution in [2.75, 3.05) is 0 Å². The number of hydrogen-bond acceptors (Lipinski definition) is 5. The van der Waals surface area contributed by atoms with Gasteiger partial charge >= 0.3 is 0 Å². The van der Waals surface area contributed by atoms with Crippen molar-refractivity contribution in [2.45, 2.75) is 37.6 Å². The van der Waals surface area contributed by atoms with Crippen LogP contribution in [0.2, 0.25) is 0 Å². The highest BCUT2D eigenvalue weighted by atomic mass is 16.6. The van der Waals surface area contributed by atoms with E-state index in [0.717, 1.165) is 0 Å². The quantitative estimate of drug-likeness (QED) is 0.326. The van der Waals surface area contributed by atoms with E-state index in [2.05, 4.69) is 4.74 Å². The Hall–Kier alpha value is -0.200. The Bertz CT molecular complexity index is 125. The Balaban J connectivity index is 2.63. The molecule has 0 bridgehead atoms. The molecule has 4 N–H and O–H groups in total. The Morgan fingerprint density at radius 1 is 0.909 bits per heavy atom. The van der Waals surface area contributed by atoms with Gasteiger partial charge < -0.3 is 25.2 Å². The molecule has 5 heteroatoms. The molecule has 1 fully saturated rings. The molecule has 0 aromatic carbocycles. The topological polar surface area (TPSA) is 90.2 Å². The van der Waals surface area contributed by atoms with Crippen LogP contribution in [0.15, 0.2) is 0 Å². The van der Waals surface area contributed by atoms with Crippen LogP contribution in [0.4, 0.5) is 0 Å². The number of rotatable bonds is 0. The minimum absolute atomic E-state index is 0.664. The fourth-order valence-electron chi connectivity index (χ4n) is 1.03. The minimum Gasteiger partial charge on any atom is -0.388 e. The normalized spacial score (nSPS) is 52.6. The van der Waals surface area contributed by atoms with Crippen LogP contribution in [0.1, 0.15) is 6.92 Å². The first-order chi connectivity index (χ1) is 5.04. The molecule has 1 heterocycles. The van der Waals surface area contributed by atoms with Gasteiger partial charge in [-0.1, -0.05) is 0 Å². The lowest BCUT2D eigenvalue weighted by Crippen LogP contribution is -2.56. The third kappa shape index (κ3) is 1.52. The fraction of sp³-hybridized carbons (Fsp3) is 1.00. The molecule has 0 aromatic rings. The van der Waals surface area contributed by atoms with Gasteiger partial charge in [-0.25, -0.2) is 0 Å². The molecule has 0 radical (unpaired) electrons. The molecule has 1 aliphatic heterocycles. The molecule has 66 valence electrons. The van der Waals surface area contributed by atoms with Crippen molar-refractivity contribution in [1.29, 1.82) is 0 Å². The summed E-state index contributed by atoms with van der Waals surface area (Å²) >= 11 is 0. The Labute approximate surface area is 63.8 Å². The second kappa shape index (κ2) is 3.04. The second-order valence-corrected chi connectivity index (χ2v) is 2.70. The molecule has 11 heavy (non-hydrogen) atoms. The molecular weight excluding hydrogens is 152 g/mol. The molecular formula is C6H12O5. The van der Waals surface area contributed by atoms with Gasteiger partial charge in [-0.2, -0.15) is 0 Å². The zero-order valence-electron chi connectivity index (χ0n) is 6.08. The molecule has 1 saturated heterocycles. The van der Waals surface area contributed by atoms with Gasteiger partial charge in [-0.3, -0.25) is 0 Å². The number of ether oxygens (including phenoxy) is 1. The third-order valence-corrected chi connectivity index (χ3v) is 1.83. The van der Waals surface area contributed by atoms with E-state index in [1.807, 2.05) is 0 Å². The first-order valence-electron chi connectivity index (χ1n) is 3.41. The minimum atomic E-state index is -1.43. The largest absolute Gasteiger partial charge is 0.388 e. The van der Waals surface area contributed by atoms with Gasteiger partial charge in [0.25, 0.3) is 0 Å². The van der Waals surface area contributed by atoms with E-state index < -0.39 is 30.7 Å². The van der Waals surface area contributed by atoms with Gasteiger partial charge in [0, 0.05) is 0 Å². The van der Waals surface area contributed by atoms with Crippen LogP contribution in [0.25, 0.3) is 0 Å². The second-order valence-electron chi connectivity index (χ2n) is 2.70. The maximum absolute atomic E-state index is 9.09. The van der Waals surface area contributed by atoms with Gasteiger partial charge in [-0.05, 0) is 6.92 Å². The lowest BCUT2D eigenvalue weighted by Gasteiger charge is -2.36. The molecule has 1 unspecified atom stereocenters. The molecule has 1 aliphatic rings. The van der Waals surface area contributed by atoms with E-state index in [1.165, 1.54) is 6.92 Å². The molecule has 5 atom stereocenters. The molecule has 0 amide bonds. The summed E-state index contributed by atoms with van der Waals surface area (Å²) in [7, 11) is 0. The highest BCUT2D eigenvalue weighted by Gasteiger charge is 2.40. The maximum Gasteiger partial charge on any atom is 0.183 e. The van der Waals surface area contributed by atoms with Crippen LogP contribution in [-0.2, 0) is 4.74 Å². The van der Waals surface area contributed by atoms with Gasteiger partial charge in [0.05, 0.1) is 6.10 Å². The Morgan fingerprint density at radius 2 is 1.45 bits per heavy atom. The lowest BCUT2D eigenvalue weighted by molar-refractivity contribution is -0.277. The van der Waals surface area contributed by atoms with Crippen molar-refractivity contribution < 1.29 is 25.2 Å². The first kappa shape index (κ1) is 8.89. The van der Waals surface area contributed by atoms with E-state index >= 15 is 0 Å². The SMILES string of the molecule is C[C@H]1OC(O)[C@@H](O)[C@@H](O)[C@@H]1O. The summed E-state index contributed by atoms with van der Waals surface area (Å²) in [5.74, 6) is 0. The van der Waals surface area contributed by atoms with Crippen LogP contribution in [0, 0.1) is 0 Å². The summed E-state index contributed by atoms with van der Waals surface area (Å²) in [5.41, 5.74) is 0. The lowest BCUT2D eigenvalue weighted by atomic mass is 10.0. The van der Waals surface area contributed by atoms with E-state index in [4.69, 9.17) is 20.4 Å². The van der Waals surface area contributed by atoms with Crippen molar-refractivity contribution >= 4 is 0 Å². The van der Waals surface area contributed by atoms with Crippen molar-refractivity contribution in [3.05, 3.63) is 0 Å². The zero-order valence-corrected chi connectivity index (χ0v) is 6.08. The number of aliphatic hydroxyl groups is 4. The third-order valence-electron chi connectivity index (χ3n) is 1.83. The standard InChI is InChI=1S/C6H12O5/c1-2-3(7)4(8)5(9)6(10)11-2/h2-10H,1H3/t2-,3-,4+,5+,6?/m1/s1. The fourth-order valence-corrected chi connectivity index (χ4v) is 1.03. The van der Waals surface area contributed by atoms with Crippen LogP contribution in [-0.4, -0.2) is 51.1 Å². The number of hydrogen-bond donors (Lipinski definition) is 4. The summed E-state index contributed by atoms with van der Waals surface area (Å²) in [6, 6.07) is 0. The summed E-state index contributed by atoms with van der Waals surface area (Å²) in [6.07, 6.45) is -5.99. The summed E-state index contributed by atoms with van der Waals surface area (Å²) in [6.45, 7) is 1.50. The van der Waals surface area contributed by atoms with Crippen molar-refractivity contribution in [1.82, 2.24) is 0 Å². The van der Waals surface area contributed by atoms with E-state index in [1.54, 1.807) is 0 Å². The van der Waals surface area contributed by atoms with Crippen LogP contribution in [0.3, 0.4) is 0 Å². The van der Waals surface area contributed by atoms with Gasteiger partial charge in [0.15, 0.2) is 6.29 Å². The molecule has 5 nitrogen and oxygen atoms in total. The van der Waals surface area contributed by atoms with Crippen molar-refractivity contribution in [3.63, 3.8) is 0 Å². The molecule has 0 aromatic heterocycles. The van der Waals surface area contributed by atoms with E-state index in [0.29, 0.717) is 0 Å². The maximum atomic E-state index is 9.09. The summed E-state index contributed by atoms with van der Waals surface area (Å²) in [5, 5.41) is 36.0. The predicted molar refractivity (Wildman–Crippen MR) is 34.6 cm³/mol. The van der Waals surface area contributed by atoms with Crippen molar-refractivity contribution in [2.24, 2.45) is 0 Å². The van der Waals surface area contributed by atoms with Crippen molar-refractivity contribution in [3.8, 4) is 0 Å². The van der Waals surface area contributed by atoms with Crippen LogP contribution < -0.4 is 0 Å². The average molecular weight is 164 g/mol. The molecule has 0 aliphatic carbocycles. The van der Waals surface area contributed by atoms with Crippen LogP contribution in [0.5, 0.6) is 0 Å². The summed E-state index contributed by atoms with van der Waals surface area (Å²) < 4.78 is 4.68. The first-order valence-corrected chi connectivity index (χ1v) is 3.41. The predicted octanol–water partition coefficient (Wildman–Crippen LogP) is -2.19. The average Bonchev–Trinajstić information content (AvgIpc) is 1.97. The van der Waals surface area contributed by atoms with Gasteiger partial charge in [-0.15, -0.1) is 0 Å². The van der Waals surface area contributed by atoms with Gasteiger partial charge in [0.1, 0.15) is 18.3 Å². The highest BCUT2D eigenvalue weighted by Crippen LogP contribution is 2.18. The number of aliphatic hydroxyl groups excluding tert-OH is 4.